The minimum absolute atomic E-state index is 0.0731. The Morgan fingerprint density at radius 2 is 2.31 bits per heavy atom. The van der Waals surface area contributed by atoms with Crippen LogP contribution in [0.25, 0.3) is 0 Å². The molecule has 0 aromatic carbocycles. The number of aromatic nitrogens is 1. The molecular weight excluding hydrogens is 168 g/mol. The summed E-state index contributed by atoms with van der Waals surface area (Å²) in [6, 6.07) is 3.22. The van der Waals surface area contributed by atoms with E-state index in [1.54, 1.807) is 18.3 Å². The van der Waals surface area contributed by atoms with Gasteiger partial charge in [-0.05, 0) is 25.0 Å². The van der Waals surface area contributed by atoms with Gasteiger partial charge in [0.25, 0.3) is 5.56 Å². The van der Waals surface area contributed by atoms with Crippen LogP contribution >= 0.6 is 0 Å². The monoisotopic (exact) mass is 180 g/mol. The van der Waals surface area contributed by atoms with Gasteiger partial charge in [-0.25, -0.2) is 0 Å². The Kier molecular flexibility index (Phi) is 1.84. The molecule has 1 heterocycles. The van der Waals surface area contributed by atoms with E-state index in [2.05, 4.69) is 0 Å². The zero-order valence-corrected chi connectivity index (χ0v) is 7.18. The lowest BCUT2D eigenvalue weighted by atomic mass is 9.89. The van der Waals surface area contributed by atoms with Gasteiger partial charge in [0.15, 0.2) is 0 Å². The van der Waals surface area contributed by atoms with E-state index in [9.17, 15) is 9.90 Å². The summed E-state index contributed by atoms with van der Waals surface area (Å²) < 4.78 is 1.52. The second kappa shape index (κ2) is 2.88. The lowest BCUT2D eigenvalue weighted by molar-refractivity contribution is 0.0300. The first-order chi connectivity index (χ1) is 6.20. The smallest absolute Gasteiger partial charge is 0.274 e. The summed E-state index contributed by atoms with van der Waals surface area (Å²) in [5.41, 5.74) is 5.50. The van der Waals surface area contributed by atoms with E-state index >= 15 is 0 Å². The van der Waals surface area contributed by atoms with Gasteiger partial charge >= 0.3 is 0 Å². The van der Waals surface area contributed by atoms with Crippen molar-refractivity contribution in [1.82, 2.24) is 4.57 Å². The molecule has 1 aliphatic rings. The van der Waals surface area contributed by atoms with Gasteiger partial charge in [-0.15, -0.1) is 0 Å². The molecule has 0 amide bonds. The molecule has 4 nitrogen and oxygen atoms in total. The molecule has 1 aromatic rings. The zero-order valence-electron chi connectivity index (χ0n) is 7.18. The maximum Gasteiger partial charge on any atom is 0.274 e. The second-order valence-electron chi connectivity index (χ2n) is 3.39. The Balaban J connectivity index is 2.40. The minimum Gasteiger partial charge on any atom is -0.394 e. The van der Waals surface area contributed by atoms with Crippen molar-refractivity contribution >= 4 is 5.69 Å². The summed E-state index contributed by atoms with van der Waals surface area (Å²) in [4.78, 5) is 11.5. The number of hydrogen-bond acceptors (Lipinski definition) is 3. The van der Waals surface area contributed by atoms with Crippen molar-refractivity contribution < 1.29 is 5.11 Å². The van der Waals surface area contributed by atoms with Crippen LogP contribution in [-0.4, -0.2) is 15.8 Å². The molecule has 1 aromatic heterocycles. The van der Waals surface area contributed by atoms with E-state index in [-0.39, 0.29) is 23.4 Å². The second-order valence-corrected chi connectivity index (χ2v) is 3.39. The van der Waals surface area contributed by atoms with Gasteiger partial charge in [-0.2, -0.15) is 0 Å². The van der Waals surface area contributed by atoms with Crippen LogP contribution in [0.2, 0.25) is 0 Å². The number of nitrogens with zero attached hydrogens (tertiary/aromatic N) is 1. The van der Waals surface area contributed by atoms with E-state index in [4.69, 9.17) is 5.73 Å². The van der Waals surface area contributed by atoms with Crippen LogP contribution < -0.4 is 11.3 Å². The van der Waals surface area contributed by atoms with Crippen LogP contribution in [0.5, 0.6) is 0 Å². The number of rotatable bonds is 1. The lowest BCUT2D eigenvalue weighted by Crippen LogP contribution is -2.39. The lowest BCUT2D eigenvalue weighted by Gasteiger charge is -2.33. The molecule has 0 aliphatic heterocycles. The molecule has 0 radical (unpaired) electrons. The van der Waals surface area contributed by atoms with Crippen LogP contribution in [0.15, 0.2) is 23.1 Å². The first-order valence-corrected chi connectivity index (χ1v) is 4.35. The van der Waals surface area contributed by atoms with E-state index in [1.165, 1.54) is 4.57 Å². The summed E-state index contributed by atoms with van der Waals surface area (Å²) in [7, 11) is 0. The average Bonchev–Trinajstić information content (AvgIpc) is 2.10. The molecule has 2 atom stereocenters. The van der Waals surface area contributed by atoms with E-state index < -0.39 is 0 Å². The fourth-order valence-electron chi connectivity index (χ4n) is 1.58. The Morgan fingerprint density at radius 3 is 2.85 bits per heavy atom. The first kappa shape index (κ1) is 8.31. The number of nitrogens with two attached hydrogens (primary N) is 1. The third kappa shape index (κ3) is 1.23. The molecule has 70 valence electrons. The molecule has 1 aliphatic carbocycles. The molecule has 0 unspecified atom stereocenters. The average molecular weight is 180 g/mol. The number of nitrogen functional groups attached to an aromatic ring is 1. The largest absolute Gasteiger partial charge is 0.394 e. The van der Waals surface area contributed by atoms with Crippen LogP contribution in [0.1, 0.15) is 18.9 Å². The highest BCUT2D eigenvalue weighted by Gasteiger charge is 2.30. The molecule has 4 heteroatoms. The van der Waals surface area contributed by atoms with Gasteiger partial charge in [0, 0.05) is 6.20 Å². The van der Waals surface area contributed by atoms with Gasteiger partial charge in [0.1, 0.15) is 0 Å². The Morgan fingerprint density at radius 1 is 1.54 bits per heavy atom. The van der Waals surface area contributed by atoms with Crippen molar-refractivity contribution in [1.29, 1.82) is 0 Å². The van der Waals surface area contributed by atoms with E-state index in [1.807, 2.05) is 0 Å². The summed E-state index contributed by atoms with van der Waals surface area (Å²) in [5, 5.41) is 9.38. The number of anilines is 1. The molecule has 1 fully saturated rings. The van der Waals surface area contributed by atoms with Crippen molar-refractivity contribution in [3.05, 3.63) is 28.7 Å². The van der Waals surface area contributed by atoms with Crippen LogP contribution in [-0.2, 0) is 0 Å². The van der Waals surface area contributed by atoms with Gasteiger partial charge in [0.2, 0.25) is 0 Å². The molecule has 0 spiro atoms. The van der Waals surface area contributed by atoms with Gasteiger partial charge in [0.05, 0.1) is 17.8 Å². The topological polar surface area (TPSA) is 68.2 Å². The standard InChI is InChI=1S/C9H12N2O2/c10-6-2-1-5-11(9(6)13)7-3-4-8(7)12/h1-2,5,7-8,12H,3-4,10H2/t7-,8-/m0/s1. The van der Waals surface area contributed by atoms with Gasteiger partial charge < -0.3 is 15.4 Å². The van der Waals surface area contributed by atoms with Crippen molar-refractivity contribution in [3.8, 4) is 0 Å². The van der Waals surface area contributed by atoms with E-state index in [0.717, 1.165) is 12.8 Å². The minimum atomic E-state index is -0.389. The van der Waals surface area contributed by atoms with Crippen LogP contribution in [0, 0.1) is 0 Å². The van der Waals surface area contributed by atoms with Crippen LogP contribution in [0.3, 0.4) is 0 Å². The first-order valence-electron chi connectivity index (χ1n) is 4.35. The fourth-order valence-corrected chi connectivity index (χ4v) is 1.58. The van der Waals surface area contributed by atoms with Crippen molar-refractivity contribution in [2.24, 2.45) is 0 Å². The third-order valence-electron chi connectivity index (χ3n) is 2.56. The van der Waals surface area contributed by atoms with Crippen molar-refractivity contribution in [2.45, 2.75) is 25.0 Å². The summed E-state index contributed by atoms with van der Waals surface area (Å²) in [6.07, 6.45) is 2.90. The predicted molar refractivity (Wildman–Crippen MR) is 49.4 cm³/mol. The third-order valence-corrected chi connectivity index (χ3v) is 2.56. The normalized spacial score (nSPS) is 26.8. The number of aliphatic hydroxyl groups is 1. The molecule has 0 saturated heterocycles. The quantitative estimate of drug-likeness (QED) is 0.645. The summed E-state index contributed by atoms with van der Waals surface area (Å²) in [5.74, 6) is 0. The predicted octanol–water partition coefficient (Wildman–Crippen LogP) is 0.126. The number of aliphatic hydroxyl groups excluding tert-OH is 1. The highest BCUT2D eigenvalue weighted by Crippen LogP contribution is 2.30. The Bertz CT molecular complexity index is 372. The van der Waals surface area contributed by atoms with Crippen LogP contribution in [0.4, 0.5) is 5.69 Å². The summed E-state index contributed by atoms with van der Waals surface area (Å²) in [6.45, 7) is 0. The highest BCUT2D eigenvalue weighted by molar-refractivity contribution is 5.33. The fraction of sp³-hybridized carbons (Fsp3) is 0.444. The van der Waals surface area contributed by atoms with E-state index in [0.29, 0.717) is 0 Å². The van der Waals surface area contributed by atoms with Crippen molar-refractivity contribution in [2.75, 3.05) is 5.73 Å². The number of pyridine rings is 1. The summed E-state index contributed by atoms with van der Waals surface area (Å²) >= 11 is 0. The molecule has 13 heavy (non-hydrogen) atoms. The maximum absolute atomic E-state index is 11.5. The van der Waals surface area contributed by atoms with Crippen molar-refractivity contribution in [3.63, 3.8) is 0 Å². The Labute approximate surface area is 75.6 Å². The Hall–Kier alpha value is -1.29. The van der Waals surface area contributed by atoms with Gasteiger partial charge in [-0.1, -0.05) is 0 Å². The SMILES string of the molecule is Nc1cccn([C@H]2CC[C@@H]2O)c1=O. The molecule has 0 bridgehead atoms. The molecular formula is C9H12N2O2. The molecule has 1 saturated carbocycles. The van der Waals surface area contributed by atoms with Gasteiger partial charge in [-0.3, -0.25) is 4.79 Å². The highest BCUT2D eigenvalue weighted by atomic mass is 16.3. The maximum atomic E-state index is 11.5. The zero-order chi connectivity index (χ0) is 9.42. The number of hydrogen-bond donors (Lipinski definition) is 2. The molecule has 2 rings (SSSR count). The molecule has 3 N–H and O–H groups in total.